The molecule has 1 heterocycles. The summed E-state index contributed by atoms with van der Waals surface area (Å²) in [5, 5.41) is 12.0. The Morgan fingerprint density at radius 3 is 2.59 bits per heavy atom. The van der Waals surface area contributed by atoms with Crippen LogP contribution in [0.4, 0.5) is 5.82 Å². The zero-order valence-corrected chi connectivity index (χ0v) is 9.46. The SMILES string of the molecule is CC(Nc1cnccn1)c1ccc(C#N)cc1. The van der Waals surface area contributed by atoms with Gasteiger partial charge in [-0.25, -0.2) is 4.98 Å². The summed E-state index contributed by atoms with van der Waals surface area (Å²) >= 11 is 0. The van der Waals surface area contributed by atoms with Crippen molar-refractivity contribution in [1.82, 2.24) is 9.97 Å². The zero-order valence-electron chi connectivity index (χ0n) is 9.46. The van der Waals surface area contributed by atoms with E-state index in [1.165, 1.54) is 0 Å². The Hall–Kier alpha value is -2.41. The van der Waals surface area contributed by atoms with Gasteiger partial charge in [0.1, 0.15) is 5.82 Å². The minimum absolute atomic E-state index is 0.124. The highest BCUT2D eigenvalue weighted by Crippen LogP contribution is 2.17. The van der Waals surface area contributed by atoms with Gasteiger partial charge in [0.05, 0.1) is 17.8 Å². The van der Waals surface area contributed by atoms with Crippen LogP contribution in [-0.2, 0) is 0 Å². The van der Waals surface area contributed by atoms with Crippen LogP contribution < -0.4 is 5.32 Å². The van der Waals surface area contributed by atoms with Crippen LogP contribution in [0.25, 0.3) is 0 Å². The van der Waals surface area contributed by atoms with Crippen LogP contribution in [0.2, 0.25) is 0 Å². The molecule has 0 aliphatic heterocycles. The number of nitrogens with one attached hydrogen (secondary N) is 1. The summed E-state index contributed by atoms with van der Waals surface area (Å²) in [4.78, 5) is 8.14. The molecule has 1 aromatic heterocycles. The topological polar surface area (TPSA) is 61.6 Å². The average Bonchev–Trinajstić information content (AvgIpc) is 2.40. The first-order chi connectivity index (χ1) is 8.29. The minimum atomic E-state index is 0.124. The highest BCUT2D eigenvalue weighted by atomic mass is 15.0. The van der Waals surface area contributed by atoms with E-state index in [-0.39, 0.29) is 6.04 Å². The third-order valence-corrected chi connectivity index (χ3v) is 2.47. The summed E-state index contributed by atoms with van der Waals surface area (Å²) in [5.74, 6) is 0.740. The highest BCUT2D eigenvalue weighted by molar-refractivity contribution is 5.38. The molecule has 0 spiro atoms. The van der Waals surface area contributed by atoms with Gasteiger partial charge in [0.15, 0.2) is 0 Å². The maximum atomic E-state index is 8.72. The number of rotatable bonds is 3. The number of anilines is 1. The molecular weight excluding hydrogens is 212 g/mol. The molecule has 1 N–H and O–H groups in total. The first-order valence-corrected chi connectivity index (χ1v) is 5.32. The molecule has 0 saturated heterocycles. The van der Waals surface area contributed by atoms with Crippen molar-refractivity contribution in [2.75, 3.05) is 5.32 Å². The van der Waals surface area contributed by atoms with Crippen molar-refractivity contribution < 1.29 is 0 Å². The van der Waals surface area contributed by atoms with Crippen LogP contribution in [0.1, 0.15) is 24.1 Å². The van der Waals surface area contributed by atoms with Crippen LogP contribution in [0, 0.1) is 11.3 Å². The predicted molar refractivity (Wildman–Crippen MR) is 65.2 cm³/mol. The van der Waals surface area contributed by atoms with Crippen LogP contribution in [0.15, 0.2) is 42.9 Å². The molecule has 0 bridgehead atoms. The highest BCUT2D eigenvalue weighted by Gasteiger charge is 2.05. The van der Waals surface area contributed by atoms with Gasteiger partial charge in [-0.15, -0.1) is 0 Å². The van der Waals surface area contributed by atoms with Gasteiger partial charge in [0, 0.05) is 18.4 Å². The van der Waals surface area contributed by atoms with E-state index < -0.39 is 0 Å². The Bertz CT molecular complexity index is 513. The van der Waals surface area contributed by atoms with Crippen molar-refractivity contribution in [3.63, 3.8) is 0 Å². The third kappa shape index (κ3) is 2.79. The third-order valence-electron chi connectivity index (χ3n) is 2.47. The predicted octanol–water partition coefficient (Wildman–Crippen LogP) is 2.52. The summed E-state index contributed by atoms with van der Waals surface area (Å²) in [6.45, 7) is 2.04. The molecule has 0 amide bonds. The lowest BCUT2D eigenvalue weighted by Gasteiger charge is -2.14. The lowest BCUT2D eigenvalue weighted by atomic mass is 10.1. The van der Waals surface area contributed by atoms with Gasteiger partial charge in [-0.1, -0.05) is 12.1 Å². The Balaban J connectivity index is 2.10. The number of hydrogen-bond acceptors (Lipinski definition) is 4. The fourth-order valence-corrected chi connectivity index (χ4v) is 1.53. The lowest BCUT2D eigenvalue weighted by molar-refractivity contribution is 0.871. The van der Waals surface area contributed by atoms with E-state index >= 15 is 0 Å². The van der Waals surface area contributed by atoms with E-state index in [1.807, 2.05) is 31.2 Å². The summed E-state index contributed by atoms with van der Waals surface area (Å²) < 4.78 is 0. The van der Waals surface area contributed by atoms with Crippen LogP contribution in [0.3, 0.4) is 0 Å². The van der Waals surface area contributed by atoms with Crippen molar-refractivity contribution >= 4 is 5.82 Å². The van der Waals surface area contributed by atoms with E-state index in [4.69, 9.17) is 5.26 Å². The molecule has 1 unspecified atom stereocenters. The lowest BCUT2D eigenvalue weighted by Crippen LogP contribution is -2.07. The summed E-state index contributed by atoms with van der Waals surface area (Å²) in [6, 6.07) is 9.72. The normalized spacial score (nSPS) is 11.5. The summed E-state index contributed by atoms with van der Waals surface area (Å²) in [6.07, 6.45) is 4.96. The van der Waals surface area contributed by atoms with Gasteiger partial charge in [0.2, 0.25) is 0 Å². The second-order valence-electron chi connectivity index (χ2n) is 3.69. The first kappa shape index (κ1) is 11.1. The number of aromatic nitrogens is 2. The van der Waals surface area contributed by atoms with Crippen LogP contribution >= 0.6 is 0 Å². The zero-order chi connectivity index (χ0) is 12.1. The fraction of sp³-hybridized carbons (Fsp3) is 0.154. The second kappa shape index (κ2) is 5.08. The summed E-state index contributed by atoms with van der Waals surface area (Å²) in [5.41, 5.74) is 1.77. The number of nitriles is 1. The first-order valence-electron chi connectivity index (χ1n) is 5.32. The fourth-order valence-electron chi connectivity index (χ4n) is 1.53. The Morgan fingerprint density at radius 2 is 2.00 bits per heavy atom. The monoisotopic (exact) mass is 224 g/mol. The maximum absolute atomic E-state index is 8.72. The van der Waals surface area contributed by atoms with Crippen molar-refractivity contribution in [2.45, 2.75) is 13.0 Å². The quantitative estimate of drug-likeness (QED) is 0.870. The molecule has 0 aliphatic rings. The number of hydrogen-bond donors (Lipinski definition) is 1. The van der Waals surface area contributed by atoms with Gasteiger partial charge in [0.25, 0.3) is 0 Å². The van der Waals surface area contributed by atoms with Crippen molar-refractivity contribution in [3.05, 3.63) is 54.0 Å². The Labute approximate surface area is 100.0 Å². The van der Waals surface area contributed by atoms with Gasteiger partial charge in [-0.2, -0.15) is 5.26 Å². The molecule has 2 aromatic rings. The average molecular weight is 224 g/mol. The number of nitrogens with zero attached hydrogens (tertiary/aromatic N) is 3. The van der Waals surface area contributed by atoms with E-state index in [0.717, 1.165) is 11.4 Å². The molecule has 0 saturated carbocycles. The molecule has 2 rings (SSSR count). The van der Waals surface area contributed by atoms with Gasteiger partial charge in [-0.05, 0) is 24.6 Å². The molecule has 1 aromatic carbocycles. The molecule has 1 atom stereocenters. The van der Waals surface area contributed by atoms with Crippen molar-refractivity contribution in [3.8, 4) is 6.07 Å². The van der Waals surface area contributed by atoms with Gasteiger partial charge in [-0.3, -0.25) is 4.98 Å². The van der Waals surface area contributed by atoms with E-state index in [9.17, 15) is 0 Å². The van der Waals surface area contributed by atoms with E-state index in [1.54, 1.807) is 18.6 Å². The van der Waals surface area contributed by atoms with E-state index in [0.29, 0.717) is 5.56 Å². The second-order valence-corrected chi connectivity index (χ2v) is 3.69. The largest absolute Gasteiger partial charge is 0.362 e. The minimum Gasteiger partial charge on any atom is -0.362 e. The molecule has 0 fully saturated rings. The molecule has 4 heteroatoms. The van der Waals surface area contributed by atoms with Crippen molar-refractivity contribution in [2.24, 2.45) is 0 Å². The van der Waals surface area contributed by atoms with Gasteiger partial charge < -0.3 is 5.32 Å². The van der Waals surface area contributed by atoms with Crippen molar-refractivity contribution in [1.29, 1.82) is 5.26 Å². The van der Waals surface area contributed by atoms with Crippen LogP contribution in [-0.4, -0.2) is 9.97 Å². The molecule has 4 nitrogen and oxygen atoms in total. The molecule has 84 valence electrons. The number of benzene rings is 1. The molecular formula is C13H12N4. The van der Waals surface area contributed by atoms with Crippen LogP contribution in [0.5, 0.6) is 0 Å². The van der Waals surface area contributed by atoms with Gasteiger partial charge >= 0.3 is 0 Å². The Morgan fingerprint density at radius 1 is 1.24 bits per heavy atom. The summed E-state index contributed by atoms with van der Waals surface area (Å²) in [7, 11) is 0. The molecule has 0 radical (unpaired) electrons. The maximum Gasteiger partial charge on any atom is 0.144 e. The molecule has 17 heavy (non-hydrogen) atoms. The standard InChI is InChI=1S/C13H12N4/c1-10(17-13-9-15-6-7-16-13)12-4-2-11(8-14)3-5-12/h2-7,9-10H,1H3,(H,16,17). The molecule has 0 aliphatic carbocycles. The Kier molecular flexibility index (Phi) is 3.31. The van der Waals surface area contributed by atoms with E-state index in [2.05, 4.69) is 21.4 Å². The smallest absolute Gasteiger partial charge is 0.144 e.